The molecule has 0 aliphatic carbocycles. The molecule has 0 fully saturated rings. The van der Waals surface area contributed by atoms with E-state index in [2.05, 4.69) is 31.5 Å². The van der Waals surface area contributed by atoms with Crippen molar-refractivity contribution in [1.29, 1.82) is 0 Å². The summed E-state index contributed by atoms with van der Waals surface area (Å²) in [6.45, 7) is 0. The number of nitrogens with zero attached hydrogens (tertiary/aromatic N) is 1. The van der Waals surface area contributed by atoms with Gasteiger partial charge in [-0.25, -0.2) is 9.78 Å². The van der Waals surface area contributed by atoms with Crippen molar-refractivity contribution < 1.29 is 4.79 Å². The van der Waals surface area contributed by atoms with E-state index in [1.807, 2.05) is 12.1 Å². The molecular weight excluding hydrogens is 342 g/mol. The number of benzene rings is 1. The van der Waals surface area contributed by atoms with Crippen LogP contribution in [0.25, 0.3) is 6.08 Å². The standard InChI is InChI=1S/C14H11BrClN3O/c15-11-3-6-13(18-9-11)19-14(20)17-8-7-10-1-4-12(16)5-2-10/h1-9H,(H2,17,18,19,20)/b8-7+. The van der Waals surface area contributed by atoms with Gasteiger partial charge in [-0.3, -0.25) is 5.32 Å². The van der Waals surface area contributed by atoms with E-state index in [-0.39, 0.29) is 6.03 Å². The van der Waals surface area contributed by atoms with Gasteiger partial charge in [0.05, 0.1) is 0 Å². The van der Waals surface area contributed by atoms with Crippen LogP contribution in [0.2, 0.25) is 5.02 Å². The summed E-state index contributed by atoms with van der Waals surface area (Å²) in [4.78, 5) is 15.6. The Balaban J connectivity index is 1.85. The van der Waals surface area contributed by atoms with Gasteiger partial charge in [-0.15, -0.1) is 0 Å². The molecule has 4 nitrogen and oxygen atoms in total. The minimum atomic E-state index is -0.356. The second kappa shape index (κ2) is 7.07. The van der Waals surface area contributed by atoms with Gasteiger partial charge in [-0.1, -0.05) is 23.7 Å². The fourth-order valence-electron chi connectivity index (χ4n) is 1.39. The van der Waals surface area contributed by atoms with Crippen molar-refractivity contribution in [2.45, 2.75) is 0 Å². The fraction of sp³-hybridized carbons (Fsp3) is 0. The third-order valence-electron chi connectivity index (χ3n) is 2.33. The molecule has 2 N–H and O–H groups in total. The molecule has 0 saturated heterocycles. The molecule has 0 radical (unpaired) electrons. The summed E-state index contributed by atoms with van der Waals surface area (Å²) in [6, 6.07) is 10.4. The minimum Gasteiger partial charge on any atom is -0.314 e. The second-order valence-electron chi connectivity index (χ2n) is 3.85. The van der Waals surface area contributed by atoms with Crippen LogP contribution in [0.1, 0.15) is 5.56 Å². The van der Waals surface area contributed by atoms with Crippen LogP contribution >= 0.6 is 27.5 Å². The molecule has 1 aromatic heterocycles. The molecule has 0 aliphatic rings. The highest BCUT2D eigenvalue weighted by molar-refractivity contribution is 9.10. The van der Waals surface area contributed by atoms with E-state index in [4.69, 9.17) is 11.6 Å². The van der Waals surface area contributed by atoms with Crippen LogP contribution in [-0.2, 0) is 0 Å². The first-order valence-electron chi connectivity index (χ1n) is 5.75. The molecule has 1 aromatic carbocycles. The first kappa shape index (κ1) is 14.6. The molecule has 0 spiro atoms. The summed E-state index contributed by atoms with van der Waals surface area (Å²) >= 11 is 9.06. The largest absolute Gasteiger partial charge is 0.324 e. The number of rotatable bonds is 3. The highest BCUT2D eigenvalue weighted by Crippen LogP contribution is 2.11. The summed E-state index contributed by atoms with van der Waals surface area (Å²) in [7, 11) is 0. The van der Waals surface area contributed by atoms with Crippen LogP contribution < -0.4 is 10.6 Å². The molecule has 0 aliphatic heterocycles. The van der Waals surface area contributed by atoms with Crippen LogP contribution in [0.3, 0.4) is 0 Å². The van der Waals surface area contributed by atoms with E-state index in [1.54, 1.807) is 42.7 Å². The Morgan fingerprint density at radius 3 is 2.60 bits per heavy atom. The van der Waals surface area contributed by atoms with Crippen molar-refractivity contribution in [3.8, 4) is 0 Å². The van der Waals surface area contributed by atoms with Gasteiger partial charge < -0.3 is 5.32 Å². The number of aromatic nitrogens is 1. The molecule has 0 unspecified atom stereocenters. The lowest BCUT2D eigenvalue weighted by Crippen LogP contribution is -2.24. The molecule has 2 amide bonds. The van der Waals surface area contributed by atoms with Crippen LogP contribution in [-0.4, -0.2) is 11.0 Å². The first-order valence-corrected chi connectivity index (χ1v) is 6.92. The smallest absolute Gasteiger partial charge is 0.314 e. The lowest BCUT2D eigenvalue weighted by Gasteiger charge is -2.03. The van der Waals surface area contributed by atoms with Gasteiger partial charge in [0.1, 0.15) is 5.82 Å². The number of hydrogen-bond donors (Lipinski definition) is 2. The SMILES string of the molecule is O=C(N/C=C/c1ccc(Cl)cc1)Nc1ccc(Br)cn1. The summed E-state index contributed by atoms with van der Waals surface area (Å²) in [5.41, 5.74) is 0.941. The molecule has 6 heteroatoms. The number of anilines is 1. The van der Waals surface area contributed by atoms with Crippen LogP contribution in [0, 0.1) is 0 Å². The van der Waals surface area contributed by atoms with Crippen molar-refractivity contribution in [2.75, 3.05) is 5.32 Å². The van der Waals surface area contributed by atoms with Gasteiger partial charge in [-0.05, 0) is 51.8 Å². The molecule has 20 heavy (non-hydrogen) atoms. The molecule has 0 saturated carbocycles. The topological polar surface area (TPSA) is 54.0 Å². The van der Waals surface area contributed by atoms with Gasteiger partial charge in [0.25, 0.3) is 0 Å². The fourth-order valence-corrected chi connectivity index (χ4v) is 1.75. The average Bonchev–Trinajstić information content (AvgIpc) is 2.44. The molecule has 1 heterocycles. The van der Waals surface area contributed by atoms with Gasteiger partial charge in [0.15, 0.2) is 0 Å². The summed E-state index contributed by atoms with van der Waals surface area (Å²) < 4.78 is 0.853. The highest BCUT2D eigenvalue weighted by Gasteiger charge is 1.99. The normalized spacial score (nSPS) is 10.5. The van der Waals surface area contributed by atoms with E-state index in [1.165, 1.54) is 0 Å². The number of carbonyl (C=O) groups excluding carboxylic acids is 1. The summed E-state index contributed by atoms with van der Waals surface area (Å²) in [5, 5.41) is 5.88. The third kappa shape index (κ3) is 4.68. The van der Waals surface area contributed by atoms with Crippen molar-refractivity contribution in [3.63, 3.8) is 0 Å². The minimum absolute atomic E-state index is 0.356. The second-order valence-corrected chi connectivity index (χ2v) is 5.20. The monoisotopic (exact) mass is 351 g/mol. The Morgan fingerprint density at radius 2 is 1.95 bits per heavy atom. The number of pyridine rings is 1. The number of amides is 2. The molecule has 0 atom stereocenters. The summed E-state index contributed by atoms with van der Waals surface area (Å²) in [5.74, 6) is 0.477. The number of halogens is 2. The van der Waals surface area contributed by atoms with Gasteiger partial charge in [0.2, 0.25) is 0 Å². The lowest BCUT2D eigenvalue weighted by atomic mass is 10.2. The Hall–Kier alpha value is -1.85. The van der Waals surface area contributed by atoms with Gasteiger partial charge >= 0.3 is 6.03 Å². The Kier molecular flexibility index (Phi) is 5.15. The van der Waals surface area contributed by atoms with Crippen molar-refractivity contribution in [2.24, 2.45) is 0 Å². The molecule has 2 aromatic rings. The lowest BCUT2D eigenvalue weighted by molar-refractivity contribution is 0.255. The predicted molar refractivity (Wildman–Crippen MR) is 84.6 cm³/mol. The maximum absolute atomic E-state index is 11.6. The number of carbonyl (C=O) groups is 1. The van der Waals surface area contributed by atoms with Gasteiger partial charge in [-0.2, -0.15) is 0 Å². The molecule has 2 rings (SSSR count). The van der Waals surface area contributed by atoms with Crippen LogP contribution in [0.4, 0.5) is 10.6 Å². The van der Waals surface area contributed by atoms with E-state index >= 15 is 0 Å². The van der Waals surface area contributed by atoms with Crippen molar-refractivity contribution >= 4 is 45.5 Å². The van der Waals surface area contributed by atoms with E-state index < -0.39 is 0 Å². The van der Waals surface area contributed by atoms with Crippen LogP contribution in [0.5, 0.6) is 0 Å². The zero-order valence-electron chi connectivity index (χ0n) is 10.3. The van der Waals surface area contributed by atoms with Gasteiger partial charge in [0, 0.05) is 21.9 Å². The zero-order chi connectivity index (χ0) is 14.4. The van der Waals surface area contributed by atoms with E-state index in [9.17, 15) is 4.79 Å². The van der Waals surface area contributed by atoms with E-state index in [0.717, 1.165) is 10.0 Å². The van der Waals surface area contributed by atoms with Crippen LogP contribution in [0.15, 0.2) is 53.3 Å². The predicted octanol–water partition coefficient (Wildman–Crippen LogP) is 4.29. The maximum Gasteiger partial charge on any atom is 0.324 e. The van der Waals surface area contributed by atoms with E-state index in [0.29, 0.717) is 10.8 Å². The molecule has 102 valence electrons. The Morgan fingerprint density at radius 1 is 1.20 bits per heavy atom. The number of nitrogens with one attached hydrogen (secondary N) is 2. The highest BCUT2D eigenvalue weighted by atomic mass is 79.9. The zero-order valence-corrected chi connectivity index (χ0v) is 12.6. The van der Waals surface area contributed by atoms with Crippen molar-refractivity contribution in [1.82, 2.24) is 10.3 Å². The quantitative estimate of drug-likeness (QED) is 0.866. The maximum atomic E-state index is 11.6. The number of hydrogen-bond acceptors (Lipinski definition) is 2. The Labute approximate surface area is 130 Å². The first-order chi connectivity index (χ1) is 9.63. The average molecular weight is 353 g/mol. The molecule has 0 bridgehead atoms. The number of urea groups is 1. The van der Waals surface area contributed by atoms with Crippen molar-refractivity contribution in [3.05, 3.63) is 63.9 Å². The third-order valence-corrected chi connectivity index (χ3v) is 3.05. The summed E-state index contributed by atoms with van der Waals surface area (Å²) in [6.07, 6.45) is 4.93. The Bertz CT molecular complexity index is 611. The molecular formula is C14H11BrClN3O.